The summed E-state index contributed by atoms with van der Waals surface area (Å²) in [6.07, 6.45) is 0.456. The first-order chi connectivity index (χ1) is 9.95. The second-order valence-corrected chi connectivity index (χ2v) is 6.95. The van der Waals surface area contributed by atoms with E-state index < -0.39 is 0 Å². The van der Waals surface area contributed by atoms with E-state index in [2.05, 4.69) is 31.0 Å². The zero-order valence-corrected chi connectivity index (χ0v) is 13.8. The standard InChI is InChI=1S/C14H25N3O3S/c1-10(17-7-11(2)20-12(3)8-17)6-15-13(18)9-16-4-5-21-14(16)19/h10-12H,4-9H2,1-3H3,(H,15,18)/t10-,11-,12+/m1/s1. The monoisotopic (exact) mass is 315 g/mol. The van der Waals surface area contributed by atoms with Crippen molar-refractivity contribution in [3.05, 3.63) is 0 Å². The third-order valence-electron chi connectivity index (χ3n) is 3.85. The van der Waals surface area contributed by atoms with E-state index >= 15 is 0 Å². The van der Waals surface area contributed by atoms with Gasteiger partial charge in [-0.2, -0.15) is 0 Å². The molecule has 0 aromatic rings. The van der Waals surface area contributed by atoms with Crippen molar-refractivity contribution in [1.82, 2.24) is 15.1 Å². The van der Waals surface area contributed by atoms with E-state index in [0.717, 1.165) is 18.8 Å². The van der Waals surface area contributed by atoms with Gasteiger partial charge in [-0.25, -0.2) is 0 Å². The Kier molecular flexibility index (Phi) is 5.89. The van der Waals surface area contributed by atoms with Gasteiger partial charge in [0.2, 0.25) is 5.91 Å². The largest absolute Gasteiger partial charge is 0.373 e. The van der Waals surface area contributed by atoms with Crippen LogP contribution in [0.2, 0.25) is 0 Å². The Balaban J connectivity index is 1.71. The molecule has 2 fully saturated rings. The maximum atomic E-state index is 11.9. The Morgan fingerprint density at radius 3 is 2.67 bits per heavy atom. The van der Waals surface area contributed by atoms with Gasteiger partial charge in [0, 0.05) is 38.0 Å². The van der Waals surface area contributed by atoms with Crippen molar-refractivity contribution < 1.29 is 14.3 Å². The molecule has 2 rings (SSSR count). The first-order valence-corrected chi connectivity index (χ1v) is 8.52. The Morgan fingerprint density at radius 1 is 1.43 bits per heavy atom. The molecule has 7 heteroatoms. The Labute approximate surface area is 130 Å². The third kappa shape index (κ3) is 4.86. The van der Waals surface area contributed by atoms with E-state index in [4.69, 9.17) is 4.74 Å². The van der Waals surface area contributed by atoms with Crippen LogP contribution in [0.15, 0.2) is 0 Å². The highest BCUT2D eigenvalue weighted by atomic mass is 32.2. The molecule has 2 amide bonds. The van der Waals surface area contributed by atoms with Gasteiger partial charge in [0.25, 0.3) is 5.24 Å². The Hall–Kier alpha value is -0.790. The maximum Gasteiger partial charge on any atom is 0.282 e. The summed E-state index contributed by atoms with van der Waals surface area (Å²) in [5, 5.41) is 2.94. The minimum Gasteiger partial charge on any atom is -0.373 e. The molecule has 120 valence electrons. The van der Waals surface area contributed by atoms with Gasteiger partial charge in [0.1, 0.15) is 6.54 Å². The predicted molar refractivity (Wildman–Crippen MR) is 83.5 cm³/mol. The predicted octanol–water partition coefficient (Wildman–Crippen LogP) is 0.769. The number of hydrogen-bond acceptors (Lipinski definition) is 5. The molecule has 0 unspecified atom stereocenters. The van der Waals surface area contributed by atoms with Gasteiger partial charge in [0.15, 0.2) is 0 Å². The van der Waals surface area contributed by atoms with Gasteiger partial charge < -0.3 is 15.0 Å². The number of nitrogens with zero attached hydrogens (tertiary/aromatic N) is 2. The van der Waals surface area contributed by atoms with Crippen molar-refractivity contribution in [2.45, 2.75) is 39.0 Å². The molecule has 6 nitrogen and oxygen atoms in total. The number of ether oxygens (including phenoxy) is 1. The SMILES string of the molecule is C[C@@H]1CN([C@H](C)CNC(=O)CN2CCSC2=O)C[C@H](C)O1. The van der Waals surface area contributed by atoms with Crippen LogP contribution in [-0.2, 0) is 9.53 Å². The normalized spacial score (nSPS) is 28.7. The van der Waals surface area contributed by atoms with Crippen LogP contribution in [0.5, 0.6) is 0 Å². The molecule has 0 bridgehead atoms. The van der Waals surface area contributed by atoms with Crippen molar-refractivity contribution in [3.8, 4) is 0 Å². The molecular formula is C14H25N3O3S. The number of thioether (sulfide) groups is 1. The topological polar surface area (TPSA) is 61.9 Å². The number of morpholine rings is 1. The first kappa shape index (κ1) is 16.6. The molecule has 0 aromatic heterocycles. The lowest BCUT2D eigenvalue weighted by molar-refractivity contribution is -0.122. The summed E-state index contributed by atoms with van der Waals surface area (Å²) in [6.45, 7) is 9.50. The Bertz CT molecular complexity index is 384. The molecule has 0 aliphatic carbocycles. The fourth-order valence-electron chi connectivity index (χ4n) is 2.77. The smallest absolute Gasteiger partial charge is 0.282 e. The molecule has 2 aliphatic heterocycles. The average Bonchev–Trinajstić information content (AvgIpc) is 2.80. The summed E-state index contributed by atoms with van der Waals surface area (Å²) in [7, 11) is 0. The van der Waals surface area contributed by atoms with Gasteiger partial charge in [-0.15, -0.1) is 0 Å². The number of carbonyl (C=O) groups excluding carboxylic acids is 2. The molecular weight excluding hydrogens is 290 g/mol. The molecule has 0 radical (unpaired) electrons. The van der Waals surface area contributed by atoms with Gasteiger partial charge in [-0.05, 0) is 20.8 Å². The van der Waals surface area contributed by atoms with Crippen molar-refractivity contribution >= 4 is 22.9 Å². The molecule has 0 saturated carbocycles. The number of carbonyl (C=O) groups is 2. The second-order valence-electron chi connectivity index (χ2n) is 5.90. The number of amides is 2. The van der Waals surface area contributed by atoms with E-state index in [1.165, 1.54) is 11.8 Å². The van der Waals surface area contributed by atoms with E-state index in [-0.39, 0.29) is 35.9 Å². The minimum absolute atomic E-state index is 0.00836. The average molecular weight is 315 g/mol. The van der Waals surface area contributed by atoms with Crippen LogP contribution in [0.1, 0.15) is 20.8 Å². The summed E-state index contributed by atoms with van der Waals surface area (Å²) < 4.78 is 5.72. The third-order valence-corrected chi connectivity index (χ3v) is 4.74. The lowest BCUT2D eigenvalue weighted by Crippen LogP contribution is -2.52. The fourth-order valence-corrected chi connectivity index (χ4v) is 3.59. The molecule has 2 heterocycles. The molecule has 2 saturated heterocycles. The van der Waals surface area contributed by atoms with Crippen molar-refractivity contribution in [2.24, 2.45) is 0 Å². The van der Waals surface area contributed by atoms with Gasteiger partial charge in [-0.3, -0.25) is 14.5 Å². The van der Waals surface area contributed by atoms with Crippen LogP contribution in [0.3, 0.4) is 0 Å². The highest BCUT2D eigenvalue weighted by Crippen LogP contribution is 2.16. The van der Waals surface area contributed by atoms with Crippen LogP contribution in [0, 0.1) is 0 Å². The van der Waals surface area contributed by atoms with Crippen LogP contribution < -0.4 is 5.32 Å². The lowest BCUT2D eigenvalue weighted by Gasteiger charge is -2.39. The van der Waals surface area contributed by atoms with E-state index in [1.54, 1.807) is 4.90 Å². The lowest BCUT2D eigenvalue weighted by atomic mass is 10.1. The summed E-state index contributed by atoms with van der Waals surface area (Å²) in [4.78, 5) is 27.3. The molecule has 21 heavy (non-hydrogen) atoms. The van der Waals surface area contributed by atoms with Crippen molar-refractivity contribution in [2.75, 3.05) is 38.5 Å². The summed E-state index contributed by atoms with van der Waals surface area (Å²) >= 11 is 1.28. The second kappa shape index (κ2) is 7.47. The summed E-state index contributed by atoms with van der Waals surface area (Å²) in [6, 6.07) is 0.270. The van der Waals surface area contributed by atoms with Crippen LogP contribution >= 0.6 is 11.8 Å². The Morgan fingerprint density at radius 2 is 2.10 bits per heavy atom. The van der Waals surface area contributed by atoms with Crippen molar-refractivity contribution in [3.63, 3.8) is 0 Å². The number of nitrogens with one attached hydrogen (secondary N) is 1. The fraction of sp³-hybridized carbons (Fsp3) is 0.857. The highest BCUT2D eigenvalue weighted by Gasteiger charge is 2.27. The first-order valence-electron chi connectivity index (χ1n) is 7.53. The van der Waals surface area contributed by atoms with E-state index in [0.29, 0.717) is 13.1 Å². The summed E-state index contributed by atoms with van der Waals surface area (Å²) in [5.74, 6) is 0.707. The van der Waals surface area contributed by atoms with Gasteiger partial charge in [-0.1, -0.05) is 11.8 Å². The summed E-state index contributed by atoms with van der Waals surface area (Å²) in [5.41, 5.74) is 0. The molecule has 0 aromatic carbocycles. The van der Waals surface area contributed by atoms with Crippen LogP contribution in [0.25, 0.3) is 0 Å². The van der Waals surface area contributed by atoms with Gasteiger partial charge in [0.05, 0.1) is 12.2 Å². The maximum absolute atomic E-state index is 11.9. The highest BCUT2D eigenvalue weighted by molar-refractivity contribution is 8.13. The van der Waals surface area contributed by atoms with E-state index in [1.807, 2.05) is 0 Å². The number of rotatable bonds is 5. The molecule has 0 spiro atoms. The molecule has 3 atom stereocenters. The molecule has 2 aliphatic rings. The van der Waals surface area contributed by atoms with Crippen molar-refractivity contribution in [1.29, 1.82) is 0 Å². The van der Waals surface area contributed by atoms with Crippen LogP contribution in [-0.4, -0.2) is 77.7 Å². The number of hydrogen-bond donors (Lipinski definition) is 1. The zero-order chi connectivity index (χ0) is 15.4. The van der Waals surface area contributed by atoms with Gasteiger partial charge >= 0.3 is 0 Å². The zero-order valence-electron chi connectivity index (χ0n) is 13.0. The van der Waals surface area contributed by atoms with E-state index in [9.17, 15) is 9.59 Å². The quantitative estimate of drug-likeness (QED) is 0.812. The minimum atomic E-state index is -0.0768. The van der Waals surface area contributed by atoms with Crippen LogP contribution in [0.4, 0.5) is 4.79 Å². The molecule has 1 N–H and O–H groups in total.